The Morgan fingerprint density at radius 2 is 2.00 bits per heavy atom. The van der Waals surface area contributed by atoms with E-state index in [0.717, 1.165) is 27.5 Å². The van der Waals surface area contributed by atoms with Gasteiger partial charge in [0.1, 0.15) is 5.82 Å². The highest BCUT2D eigenvalue weighted by molar-refractivity contribution is 7.98. The van der Waals surface area contributed by atoms with Crippen molar-refractivity contribution in [2.24, 2.45) is 0 Å². The summed E-state index contributed by atoms with van der Waals surface area (Å²) >= 11 is 1.57. The van der Waals surface area contributed by atoms with Gasteiger partial charge in [0.05, 0.1) is 27.7 Å². The van der Waals surface area contributed by atoms with Crippen LogP contribution in [-0.2, 0) is 12.3 Å². The number of imidazole rings is 1. The van der Waals surface area contributed by atoms with E-state index in [4.69, 9.17) is 0 Å². The summed E-state index contributed by atoms with van der Waals surface area (Å²) in [6.45, 7) is 4.55. The number of nitrogens with one attached hydrogen (secondary N) is 1. The lowest BCUT2D eigenvalue weighted by Crippen LogP contribution is -2.22. The normalized spacial score (nSPS) is 11.8. The quantitative estimate of drug-likeness (QED) is 0.475. The SMILES string of the molecule is CCn1c(=O)c2ccccc2n2c(CSc3nc4ccc(C)cc4[nH]3)nnc12. The number of aromatic amines is 1. The first-order valence-corrected chi connectivity index (χ1v) is 10.1. The lowest BCUT2D eigenvalue weighted by Gasteiger charge is -2.09. The average molecular weight is 390 g/mol. The molecule has 0 fully saturated rings. The van der Waals surface area contributed by atoms with Crippen LogP contribution in [0.3, 0.4) is 0 Å². The number of H-pyrrole nitrogens is 1. The molecule has 0 radical (unpaired) electrons. The molecule has 140 valence electrons. The van der Waals surface area contributed by atoms with Crippen molar-refractivity contribution in [1.82, 2.24) is 29.1 Å². The fourth-order valence-electron chi connectivity index (χ4n) is 3.49. The van der Waals surface area contributed by atoms with Crippen molar-refractivity contribution in [2.75, 3.05) is 0 Å². The number of para-hydroxylation sites is 1. The second kappa shape index (κ2) is 6.49. The molecule has 8 heteroatoms. The highest BCUT2D eigenvalue weighted by Gasteiger charge is 2.16. The van der Waals surface area contributed by atoms with Gasteiger partial charge < -0.3 is 4.98 Å². The minimum absolute atomic E-state index is 0.0372. The topological polar surface area (TPSA) is 80.9 Å². The maximum atomic E-state index is 12.8. The molecular weight excluding hydrogens is 372 g/mol. The van der Waals surface area contributed by atoms with E-state index in [1.54, 1.807) is 16.3 Å². The van der Waals surface area contributed by atoms with Gasteiger partial charge in [0.25, 0.3) is 5.56 Å². The van der Waals surface area contributed by atoms with Crippen LogP contribution in [0, 0.1) is 6.92 Å². The predicted molar refractivity (Wildman–Crippen MR) is 111 cm³/mol. The number of fused-ring (bicyclic) bond motifs is 4. The predicted octanol–water partition coefficient (Wildman–Crippen LogP) is 3.54. The fourth-order valence-corrected chi connectivity index (χ4v) is 4.29. The first-order chi connectivity index (χ1) is 13.7. The molecule has 0 unspecified atom stereocenters. The number of thioether (sulfide) groups is 1. The number of aryl methyl sites for hydroxylation is 2. The van der Waals surface area contributed by atoms with Crippen LogP contribution in [0.15, 0.2) is 52.4 Å². The van der Waals surface area contributed by atoms with Gasteiger partial charge in [-0.25, -0.2) is 4.98 Å². The molecule has 0 aliphatic heterocycles. The third-order valence-corrected chi connectivity index (χ3v) is 5.71. The summed E-state index contributed by atoms with van der Waals surface area (Å²) in [6.07, 6.45) is 0. The molecular formula is C20H18N6OS. The standard InChI is InChI=1S/C20H18N6OS/c1-3-25-18(27)13-6-4-5-7-16(13)26-17(23-24-20(25)26)11-28-19-21-14-9-8-12(2)10-15(14)22-19/h4-10H,3,11H2,1-2H3,(H,21,22). The Kier molecular flexibility index (Phi) is 3.94. The van der Waals surface area contributed by atoms with E-state index in [1.807, 2.05) is 41.7 Å². The third kappa shape index (κ3) is 2.60. The molecule has 5 rings (SSSR count). The first kappa shape index (κ1) is 17.0. The Balaban J connectivity index is 1.59. The van der Waals surface area contributed by atoms with Gasteiger partial charge in [0, 0.05) is 6.54 Å². The summed E-state index contributed by atoms with van der Waals surface area (Å²) < 4.78 is 3.63. The molecule has 1 N–H and O–H groups in total. The van der Waals surface area contributed by atoms with Crippen molar-refractivity contribution in [2.45, 2.75) is 31.3 Å². The van der Waals surface area contributed by atoms with E-state index in [-0.39, 0.29) is 5.56 Å². The molecule has 0 bridgehead atoms. The van der Waals surface area contributed by atoms with Crippen molar-refractivity contribution in [3.05, 3.63) is 64.2 Å². The molecule has 5 aromatic rings. The number of hydrogen-bond acceptors (Lipinski definition) is 5. The molecule has 3 heterocycles. The zero-order valence-corrected chi connectivity index (χ0v) is 16.3. The van der Waals surface area contributed by atoms with Crippen LogP contribution in [0.5, 0.6) is 0 Å². The number of benzene rings is 2. The molecule has 7 nitrogen and oxygen atoms in total. The molecule has 0 aliphatic carbocycles. The zero-order valence-electron chi connectivity index (χ0n) is 15.5. The first-order valence-electron chi connectivity index (χ1n) is 9.10. The molecule has 0 aliphatic rings. The van der Waals surface area contributed by atoms with Crippen LogP contribution >= 0.6 is 11.8 Å². The minimum atomic E-state index is -0.0372. The highest BCUT2D eigenvalue weighted by Crippen LogP contribution is 2.24. The van der Waals surface area contributed by atoms with Gasteiger partial charge in [0.2, 0.25) is 5.78 Å². The number of nitrogens with zero attached hydrogens (tertiary/aromatic N) is 5. The van der Waals surface area contributed by atoms with E-state index in [2.05, 4.69) is 39.2 Å². The Morgan fingerprint density at radius 3 is 2.86 bits per heavy atom. The Bertz CT molecular complexity index is 1400. The van der Waals surface area contributed by atoms with Gasteiger partial charge in [-0.2, -0.15) is 0 Å². The lowest BCUT2D eigenvalue weighted by atomic mass is 10.2. The van der Waals surface area contributed by atoms with E-state index >= 15 is 0 Å². The Labute approximate surface area is 164 Å². The van der Waals surface area contributed by atoms with Gasteiger partial charge in [-0.05, 0) is 43.7 Å². The van der Waals surface area contributed by atoms with Crippen LogP contribution in [-0.4, -0.2) is 29.1 Å². The van der Waals surface area contributed by atoms with E-state index < -0.39 is 0 Å². The second-order valence-electron chi connectivity index (χ2n) is 6.67. The van der Waals surface area contributed by atoms with E-state index in [0.29, 0.717) is 23.5 Å². The van der Waals surface area contributed by atoms with Crippen LogP contribution in [0.4, 0.5) is 0 Å². The van der Waals surface area contributed by atoms with Crippen LogP contribution in [0.1, 0.15) is 18.3 Å². The molecule has 0 atom stereocenters. The summed E-state index contributed by atoms with van der Waals surface area (Å²) in [5.74, 6) is 1.95. The minimum Gasteiger partial charge on any atom is -0.333 e. The van der Waals surface area contributed by atoms with Gasteiger partial charge in [-0.3, -0.25) is 13.8 Å². The van der Waals surface area contributed by atoms with Crippen LogP contribution in [0.2, 0.25) is 0 Å². The van der Waals surface area contributed by atoms with Gasteiger partial charge in [0.15, 0.2) is 5.16 Å². The van der Waals surface area contributed by atoms with Gasteiger partial charge in [-0.1, -0.05) is 30.0 Å². The number of aromatic nitrogens is 6. The van der Waals surface area contributed by atoms with Crippen molar-refractivity contribution in [1.29, 1.82) is 0 Å². The zero-order chi connectivity index (χ0) is 19.3. The number of rotatable bonds is 4. The molecule has 0 saturated carbocycles. The fraction of sp³-hybridized carbons (Fsp3) is 0.200. The molecule has 0 spiro atoms. The molecule has 2 aromatic carbocycles. The van der Waals surface area contributed by atoms with Crippen molar-refractivity contribution in [3.63, 3.8) is 0 Å². The maximum absolute atomic E-state index is 12.8. The highest BCUT2D eigenvalue weighted by atomic mass is 32.2. The third-order valence-electron chi connectivity index (χ3n) is 4.84. The van der Waals surface area contributed by atoms with E-state index in [1.165, 1.54) is 5.56 Å². The molecule has 0 saturated heterocycles. The Morgan fingerprint density at radius 1 is 1.14 bits per heavy atom. The van der Waals surface area contributed by atoms with E-state index in [9.17, 15) is 4.79 Å². The average Bonchev–Trinajstić information content (AvgIpc) is 3.30. The monoisotopic (exact) mass is 390 g/mol. The van der Waals surface area contributed by atoms with Crippen LogP contribution < -0.4 is 5.56 Å². The van der Waals surface area contributed by atoms with Crippen molar-refractivity contribution < 1.29 is 0 Å². The van der Waals surface area contributed by atoms with Crippen LogP contribution in [0.25, 0.3) is 27.7 Å². The summed E-state index contributed by atoms with van der Waals surface area (Å²) in [6, 6.07) is 13.8. The Hall–Kier alpha value is -3.13. The summed E-state index contributed by atoms with van der Waals surface area (Å²) in [7, 11) is 0. The van der Waals surface area contributed by atoms with Crippen molar-refractivity contribution in [3.8, 4) is 0 Å². The van der Waals surface area contributed by atoms with Gasteiger partial charge in [-0.15, -0.1) is 10.2 Å². The van der Waals surface area contributed by atoms with Gasteiger partial charge >= 0.3 is 0 Å². The second-order valence-corrected chi connectivity index (χ2v) is 7.63. The van der Waals surface area contributed by atoms with Crippen molar-refractivity contribution >= 4 is 39.5 Å². The molecule has 3 aromatic heterocycles. The summed E-state index contributed by atoms with van der Waals surface area (Å²) in [5, 5.41) is 10.2. The molecule has 28 heavy (non-hydrogen) atoms. The summed E-state index contributed by atoms with van der Waals surface area (Å²) in [4.78, 5) is 20.7. The lowest BCUT2D eigenvalue weighted by molar-refractivity contribution is 0.735. The molecule has 0 amide bonds. The summed E-state index contributed by atoms with van der Waals surface area (Å²) in [5.41, 5.74) is 3.96. The largest absolute Gasteiger partial charge is 0.333 e. The maximum Gasteiger partial charge on any atom is 0.262 e. The number of hydrogen-bond donors (Lipinski definition) is 1. The smallest absolute Gasteiger partial charge is 0.262 e.